The Balaban J connectivity index is 1.69. The first-order chi connectivity index (χ1) is 13.5. The fourth-order valence-electron chi connectivity index (χ4n) is 3.46. The molecule has 0 unspecified atom stereocenters. The van der Waals surface area contributed by atoms with E-state index in [1.54, 1.807) is 42.5 Å². The van der Waals surface area contributed by atoms with Gasteiger partial charge in [-0.1, -0.05) is 37.5 Å². The molecule has 5 nitrogen and oxygen atoms in total. The summed E-state index contributed by atoms with van der Waals surface area (Å²) in [5.74, 6) is 0.189. The maximum Gasteiger partial charge on any atom is 0.259 e. The molecule has 1 aliphatic carbocycles. The van der Waals surface area contributed by atoms with Gasteiger partial charge in [-0.05, 0) is 57.0 Å². The molecule has 0 saturated heterocycles. The van der Waals surface area contributed by atoms with Gasteiger partial charge >= 0.3 is 0 Å². The number of benzene rings is 2. The maximum absolute atomic E-state index is 12.7. The van der Waals surface area contributed by atoms with E-state index in [4.69, 9.17) is 4.74 Å². The number of hydrogen-bond donors (Lipinski definition) is 2. The summed E-state index contributed by atoms with van der Waals surface area (Å²) in [5, 5.41) is 5.98. The van der Waals surface area contributed by atoms with Gasteiger partial charge in [0, 0.05) is 17.3 Å². The molecule has 28 heavy (non-hydrogen) atoms. The van der Waals surface area contributed by atoms with Gasteiger partial charge in [0.05, 0.1) is 11.7 Å². The van der Waals surface area contributed by atoms with Crippen LogP contribution in [0, 0.1) is 0 Å². The Morgan fingerprint density at radius 3 is 2.46 bits per heavy atom. The van der Waals surface area contributed by atoms with Crippen LogP contribution in [0.4, 0.5) is 5.69 Å². The highest BCUT2D eigenvalue weighted by Gasteiger charge is 2.18. The molecule has 0 aromatic heterocycles. The van der Waals surface area contributed by atoms with Crippen molar-refractivity contribution in [1.29, 1.82) is 0 Å². The summed E-state index contributed by atoms with van der Waals surface area (Å²) in [7, 11) is 0. The highest BCUT2D eigenvalue weighted by atomic mass is 16.5. The summed E-state index contributed by atoms with van der Waals surface area (Å²) >= 11 is 0. The summed E-state index contributed by atoms with van der Waals surface area (Å²) in [6, 6.07) is 14.4. The third kappa shape index (κ3) is 5.35. The molecule has 1 saturated carbocycles. The van der Waals surface area contributed by atoms with E-state index in [2.05, 4.69) is 10.6 Å². The molecule has 0 heterocycles. The quantitative estimate of drug-likeness (QED) is 0.757. The molecular formula is C23H28N2O3. The second-order valence-electron chi connectivity index (χ2n) is 7.51. The zero-order valence-electron chi connectivity index (χ0n) is 16.5. The summed E-state index contributed by atoms with van der Waals surface area (Å²) in [5.41, 5.74) is 1.60. The van der Waals surface area contributed by atoms with Crippen LogP contribution in [0.5, 0.6) is 5.75 Å². The zero-order valence-corrected chi connectivity index (χ0v) is 16.5. The minimum absolute atomic E-state index is 0.0271. The summed E-state index contributed by atoms with van der Waals surface area (Å²) in [6.45, 7) is 3.84. The topological polar surface area (TPSA) is 67.4 Å². The largest absolute Gasteiger partial charge is 0.490 e. The van der Waals surface area contributed by atoms with Crippen molar-refractivity contribution in [3.8, 4) is 5.75 Å². The summed E-state index contributed by atoms with van der Waals surface area (Å²) in [6.07, 6.45) is 5.62. The molecule has 1 fully saturated rings. The number of anilines is 1. The second-order valence-corrected chi connectivity index (χ2v) is 7.51. The molecule has 3 rings (SSSR count). The van der Waals surface area contributed by atoms with Gasteiger partial charge in [0.2, 0.25) is 0 Å². The maximum atomic E-state index is 12.7. The number of carbonyl (C=O) groups excluding carboxylic acids is 2. The van der Waals surface area contributed by atoms with Gasteiger partial charge in [0.1, 0.15) is 5.75 Å². The highest BCUT2D eigenvalue weighted by Crippen LogP contribution is 2.22. The van der Waals surface area contributed by atoms with E-state index in [-0.39, 0.29) is 24.0 Å². The third-order valence-corrected chi connectivity index (χ3v) is 4.82. The molecule has 2 aromatic rings. The number of amides is 2. The predicted molar refractivity (Wildman–Crippen MR) is 111 cm³/mol. The Bertz CT molecular complexity index is 826. The molecular weight excluding hydrogens is 352 g/mol. The van der Waals surface area contributed by atoms with E-state index in [1.807, 2.05) is 19.9 Å². The Morgan fingerprint density at radius 1 is 0.964 bits per heavy atom. The van der Waals surface area contributed by atoms with E-state index in [9.17, 15) is 9.59 Å². The minimum atomic E-state index is -0.263. The van der Waals surface area contributed by atoms with Gasteiger partial charge in [-0.2, -0.15) is 0 Å². The lowest BCUT2D eigenvalue weighted by atomic mass is 9.95. The monoisotopic (exact) mass is 380 g/mol. The van der Waals surface area contributed by atoms with Crippen molar-refractivity contribution in [3.05, 3.63) is 59.7 Å². The lowest BCUT2D eigenvalue weighted by Crippen LogP contribution is -2.36. The number of ether oxygens (including phenoxy) is 1. The van der Waals surface area contributed by atoms with E-state index in [0.29, 0.717) is 22.6 Å². The molecule has 0 radical (unpaired) electrons. The standard InChI is InChI=1S/C23H28N2O3/c1-16(2)28-21-14-7-6-13-20(21)23(27)25-19-12-8-9-17(15-19)22(26)24-18-10-4-3-5-11-18/h6-9,12-16,18H,3-5,10-11H2,1-2H3,(H,24,26)(H,25,27). The number of nitrogens with one attached hydrogen (secondary N) is 2. The van der Waals surface area contributed by atoms with Crippen LogP contribution < -0.4 is 15.4 Å². The lowest BCUT2D eigenvalue weighted by molar-refractivity contribution is 0.0926. The first kappa shape index (κ1) is 19.9. The first-order valence-corrected chi connectivity index (χ1v) is 10.0. The van der Waals surface area contributed by atoms with Gasteiger partial charge in [0.25, 0.3) is 11.8 Å². The van der Waals surface area contributed by atoms with E-state index < -0.39 is 0 Å². The van der Waals surface area contributed by atoms with E-state index >= 15 is 0 Å². The van der Waals surface area contributed by atoms with Crippen LogP contribution in [-0.4, -0.2) is 24.0 Å². The normalized spacial score (nSPS) is 14.5. The van der Waals surface area contributed by atoms with Crippen molar-refractivity contribution in [1.82, 2.24) is 5.32 Å². The average molecular weight is 380 g/mol. The molecule has 0 spiro atoms. The van der Waals surface area contributed by atoms with Crippen molar-refractivity contribution < 1.29 is 14.3 Å². The van der Waals surface area contributed by atoms with Crippen LogP contribution in [0.3, 0.4) is 0 Å². The molecule has 0 atom stereocenters. The van der Waals surface area contributed by atoms with Crippen molar-refractivity contribution in [2.45, 2.75) is 58.1 Å². The molecule has 5 heteroatoms. The van der Waals surface area contributed by atoms with Gasteiger partial charge in [-0.3, -0.25) is 9.59 Å². The molecule has 2 amide bonds. The Labute approximate surface area is 166 Å². The van der Waals surface area contributed by atoms with E-state index in [1.165, 1.54) is 19.3 Å². The van der Waals surface area contributed by atoms with Crippen molar-refractivity contribution in [2.24, 2.45) is 0 Å². The van der Waals surface area contributed by atoms with Gasteiger partial charge in [-0.15, -0.1) is 0 Å². The van der Waals surface area contributed by atoms with Crippen LogP contribution in [-0.2, 0) is 0 Å². The summed E-state index contributed by atoms with van der Waals surface area (Å²) in [4.78, 5) is 25.3. The number of hydrogen-bond acceptors (Lipinski definition) is 3. The van der Waals surface area contributed by atoms with Crippen LogP contribution in [0.2, 0.25) is 0 Å². The molecule has 0 bridgehead atoms. The number of carbonyl (C=O) groups is 2. The highest BCUT2D eigenvalue weighted by molar-refractivity contribution is 6.06. The van der Waals surface area contributed by atoms with Crippen LogP contribution >= 0.6 is 0 Å². The smallest absolute Gasteiger partial charge is 0.259 e. The fraction of sp³-hybridized carbons (Fsp3) is 0.391. The molecule has 1 aliphatic rings. The Morgan fingerprint density at radius 2 is 1.71 bits per heavy atom. The molecule has 2 N–H and O–H groups in total. The van der Waals surface area contributed by atoms with Crippen molar-refractivity contribution >= 4 is 17.5 Å². The van der Waals surface area contributed by atoms with Crippen molar-refractivity contribution in [3.63, 3.8) is 0 Å². The summed E-state index contributed by atoms with van der Waals surface area (Å²) < 4.78 is 5.73. The fourth-order valence-corrected chi connectivity index (χ4v) is 3.46. The van der Waals surface area contributed by atoms with Gasteiger partial charge < -0.3 is 15.4 Å². The Hall–Kier alpha value is -2.82. The van der Waals surface area contributed by atoms with Crippen LogP contribution in [0.15, 0.2) is 48.5 Å². The Kier molecular flexibility index (Phi) is 6.69. The second kappa shape index (κ2) is 9.40. The molecule has 148 valence electrons. The number of para-hydroxylation sites is 1. The van der Waals surface area contributed by atoms with Gasteiger partial charge in [-0.25, -0.2) is 0 Å². The van der Waals surface area contributed by atoms with E-state index in [0.717, 1.165) is 12.8 Å². The van der Waals surface area contributed by atoms with Crippen LogP contribution in [0.1, 0.15) is 66.7 Å². The predicted octanol–water partition coefficient (Wildman–Crippen LogP) is 4.79. The number of rotatable bonds is 6. The zero-order chi connectivity index (χ0) is 19.9. The average Bonchev–Trinajstić information content (AvgIpc) is 2.69. The van der Waals surface area contributed by atoms with Gasteiger partial charge in [0.15, 0.2) is 0 Å². The lowest BCUT2D eigenvalue weighted by Gasteiger charge is -2.22. The minimum Gasteiger partial charge on any atom is -0.490 e. The van der Waals surface area contributed by atoms with Crippen molar-refractivity contribution in [2.75, 3.05) is 5.32 Å². The third-order valence-electron chi connectivity index (χ3n) is 4.82. The van der Waals surface area contributed by atoms with Crippen LogP contribution in [0.25, 0.3) is 0 Å². The SMILES string of the molecule is CC(C)Oc1ccccc1C(=O)Nc1cccc(C(=O)NC2CCCCC2)c1. The molecule has 0 aliphatic heterocycles. The molecule has 2 aromatic carbocycles. The first-order valence-electron chi connectivity index (χ1n) is 10.0.